The highest BCUT2D eigenvalue weighted by Gasteiger charge is 2.44. The molecule has 0 bridgehead atoms. The predicted molar refractivity (Wildman–Crippen MR) is 126 cm³/mol. The lowest BCUT2D eigenvalue weighted by Gasteiger charge is -2.14. The Morgan fingerprint density at radius 1 is 0.833 bits per heavy atom. The average molecular weight is 413 g/mol. The van der Waals surface area contributed by atoms with Crippen LogP contribution in [0.2, 0.25) is 0 Å². The van der Waals surface area contributed by atoms with Crippen molar-refractivity contribution in [3.63, 3.8) is 0 Å². The lowest BCUT2D eigenvalue weighted by Crippen LogP contribution is -2.12. The molecular weight excluding hydrogens is 368 g/mol. The van der Waals surface area contributed by atoms with E-state index < -0.39 is 0 Å². The van der Waals surface area contributed by atoms with Crippen molar-refractivity contribution in [1.29, 1.82) is 0 Å². The summed E-state index contributed by atoms with van der Waals surface area (Å²) in [6.45, 7) is 7.66. The van der Waals surface area contributed by atoms with Gasteiger partial charge in [-0.3, -0.25) is 4.79 Å². The SMILES string of the molecule is Cc1cc(CCCCCCC2(C)CC2)cc(CCCCCCC2(OC=O)CC2)c1C. The summed E-state index contributed by atoms with van der Waals surface area (Å²) in [5.41, 5.74) is 6.72. The van der Waals surface area contributed by atoms with Crippen LogP contribution in [0.25, 0.3) is 0 Å². The Hall–Kier alpha value is -1.31. The maximum absolute atomic E-state index is 10.6. The number of aryl methyl sites for hydroxylation is 3. The Kier molecular flexibility index (Phi) is 8.43. The number of ether oxygens (including phenoxy) is 1. The average Bonchev–Trinajstić information content (AvgIpc) is 3.64. The van der Waals surface area contributed by atoms with E-state index in [1.54, 1.807) is 11.1 Å². The van der Waals surface area contributed by atoms with E-state index in [-0.39, 0.29) is 5.60 Å². The molecule has 1 aromatic rings. The topological polar surface area (TPSA) is 26.3 Å². The zero-order valence-electron chi connectivity index (χ0n) is 19.9. The molecule has 0 heterocycles. The second kappa shape index (κ2) is 10.8. The predicted octanol–water partition coefficient (Wildman–Crippen LogP) is 7.80. The standard InChI is InChI=1S/C28H44O2/c1-23-20-25(12-8-4-6-10-14-27(3)16-17-27)21-26(24(23)2)13-9-5-7-11-15-28(18-19-28)30-22-29/h20-22H,4-19H2,1-3H3. The minimum Gasteiger partial charge on any atom is -0.461 e. The Morgan fingerprint density at radius 3 is 2.10 bits per heavy atom. The molecule has 0 saturated heterocycles. The molecule has 0 spiro atoms. The van der Waals surface area contributed by atoms with Crippen molar-refractivity contribution in [1.82, 2.24) is 0 Å². The van der Waals surface area contributed by atoms with E-state index in [4.69, 9.17) is 4.74 Å². The highest BCUT2D eigenvalue weighted by molar-refractivity contribution is 5.39. The van der Waals surface area contributed by atoms with Gasteiger partial charge in [-0.1, -0.05) is 51.2 Å². The molecule has 0 N–H and O–H groups in total. The molecule has 0 aliphatic heterocycles. The Bertz CT molecular complexity index is 682. The quantitative estimate of drug-likeness (QED) is 0.204. The first-order valence-corrected chi connectivity index (χ1v) is 12.7. The number of hydrogen-bond acceptors (Lipinski definition) is 2. The molecular formula is C28H44O2. The van der Waals surface area contributed by atoms with Gasteiger partial charge in [0.15, 0.2) is 0 Å². The smallest absolute Gasteiger partial charge is 0.293 e. The summed E-state index contributed by atoms with van der Waals surface area (Å²) in [6, 6.07) is 4.91. The third-order valence-electron chi connectivity index (χ3n) is 7.87. The molecule has 30 heavy (non-hydrogen) atoms. The minimum absolute atomic E-state index is 0.0698. The lowest BCUT2D eigenvalue weighted by molar-refractivity contribution is -0.135. The Labute approximate surface area is 185 Å². The summed E-state index contributed by atoms with van der Waals surface area (Å²) in [5, 5.41) is 0. The summed E-state index contributed by atoms with van der Waals surface area (Å²) in [5.74, 6) is 0. The van der Waals surface area contributed by atoms with Crippen molar-refractivity contribution in [3.05, 3.63) is 34.4 Å². The van der Waals surface area contributed by atoms with E-state index in [0.29, 0.717) is 6.47 Å². The van der Waals surface area contributed by atoms with Gasteiger partial charge >= 0.3 is 0 Å². The largest absolute Gasteiger partial charge is 0.461 e. The van der Waals surface area contributed by atoms with Gasteiger partial charge in [-0.15, -0.1) is 0 Å². The van der Waals surface area contributed by atoms with Crippen LogP contribution in [0.1, 0.15) is 119 Å². The fourth-order valence-corrected chi connectivity index (χ4v) is 4.90. The van der Waals surface area contributed by atoms with E-state index >= 15 is 0 Å². The monoisotopic (exact) mass is 412 g/mol. The van der Waals surface area contributed by atoms with Crippen LogP contribution >= 0.6 is 0 Å². The van der Waals surface area contributed by atoms with Crippen LogP contribution in [0.3, 0.4) is 0 Å². The van der Waals surface area contributed by atoms with Gasteiger partial charge in [0.05, 0.1) is 0 Å². The molecule has 0 aromatic heterocycles. The van der Waals surface area contributed by atoms with E-state index in [2.05, 4.69) is 32.9 Å². The second-order valence-electron chi connectivity index (χ2n) is 10.7. The van der Waals surface area contributed by atoms with E-state index in [1.807, 2.05) is 0 Å². The molecule has 0 unspecified atom stereocenters. The minimum atomic E-state index is -0.0698. The van der Waals surface area contributed by atoms with Crippen molar-refractivity contribution in [2.24, 2.45) is 5.41 Å². The maximum atomic E-state index is 10.6. The molecule has 0 amide bonds. The summed E-state index contributed by atoms with van der Waals surface area (Å²) in [7, 11) is 0. The first-order chi connectivity index (χ1) is 14.5. The van der Waals surface area contributed by atoms with Gasteiger partial charge in [0.2, 0.25) is 0 Å². The number of carbonyl (C=O) groups is 1. The number of rotatable bonds is 16. The molecule has 2 heteroatoms. The molecule has 0 atom stereocenters. The third-order valence-corrected chi connectivity index (χ3v) is 7.87. The molecule has 2 aliphatic carbocycles. The van der Waals surface area contributed by atoms with Crippen LogP contribution in [-0.4, -0.2) is 12.1 Å². The van der Waals surface area contributed by atoms with Crippen molar-refractivity contribution in [2.75, 3.05) is 0 Å². The van der Waals surface area contributed by atoms with Crippen LogP contribution < -0.4 is 0 Å². The van der Waals surface area contributed by atoms with Crippen molar-refractivity contribution < 1.29 is 9.53 Å². The fourth-order valence-electron chi connectivity index (χ4n) is 4.90. The van der Waals surface area contributed by atoms with Gasteiger partial charge in [-0.25, -0.2) is 0 Å². The number of unbranched alkanes of at least 4 members (excludes halogenated alkanes) is 6. The van der Waals surface area contributed by atoms with Crippen molar-refractivity contribution in [2.45, 2.75) is 129 Å². The molecule has 2 fully saturated rings. The molecule has 0 radical (unpaired) electrons. The highest BCUT2D eigenvalue weighted by atomic mass is 16.5. The zero-order chi connectivity index (χ0) is 21.5. The highest BCUT2D eigenvalue weighted by Crippen LogP contribution is 2.49. The molecule has 2 saturated carbocycles. The fraction of sp³-hybridized carbons (Fsp3) is 0.750. The van der Waals surface area contributed by atoms with Gasteiger partial charge in [-0.05, 0) is 112 Å². The first-order valence-electron chi connectivity index (χ1n) is 12.7. The van der Waals surface area contributed by atoms with Crippen LogP contribution in [-0.2, 0) is 22.4 Å². The van der Waals surface area contributed by atoms with Crippen LogP contribution in [0.15, 0.2) is 12.1 Å². The van der Waals surface area contributed by atoms with Gasteiger partial charge < -0.3 is 4.74 Å². The van der Waals surface area contributed by atoms with E-state index in [9.17, 15) is 4.79 Å². The third kappa shape index (κ3) is 7.43. The molecule has 3 rings (SSSR count). The summed E-state index contributed by atoms with van der Waals surface area (Å²) in [6.07, 6.45) is 20.5. The normalized spacial score (nSPS) is 18.2. The Morgan fingerprint density at radius 2 is 1.47 bits per heavy atom. The first kappa shape index (κ1) is 23.4. The summed E-state index contributed by atoms with van der Waals surface area (Å²) < 4.78 is 5.25. The van der Waals surface area contributed by atoms with Crippen LogP contribution in [0.5, 0.6) is 0 Å². The molecule has 168 valence electrons. The van der Waals surface area contributed by atoms with Gasteiger partial charge in [0, 0.05) is 0 Å². The van der Waals surface area contributed by atoms with Crippen LogP contribution in [0, 0.1) is 19.3 Å². The van der Waals surface area contributed by atoms with E-state index in [0.717, 1.165) is 24.7 Å². The van der Waals surface area contributed by atoms with Gasteiger partial charge in [0.1, 0.15) is 5.60 Å². The second-order valence-corrected chi connectivity index (χ2v) is 10.7. The Balaban J connectivity index is 1.31. The lowest BCUT2D eigenvalue weighted by atomic mass is 9.93. The molecule has 1 aromatic carbocycles. The van der Waals surface area contributed by atoms with E-state index in [1.165, 1.54) is 94.6 Å². The summed E-state index contributed by atoms with van der Waals surface area (Å²) >= 11 is 0. The van der Waals surface area contributed by atoms with Gasteiger partial charge in [-0.2, -0.15) is 0 Å². The van der Waals surface area contributed by atoms with Crippen molar-refractivity contribution in [3.8, 4) is 0 Å². The number of hydrogen-bond donors (Lipinski definition) is 0. The van der Waals surface area contributed by atoms with Crippen LogP contribution in [0.4, 0.5) is 0 Å². The molecule has 2 aliphatic rings. The number of carbonyl (C=O) groups excluding carboxylic acids is 1. The maximum Gasteiger partial charge on any atom is 0.293 e. The summed E-state index contributed by atoms with van der Waals surface area (Å²) in [4.78, 5) is 10.6. The van der Waals surface area contributed by atoms with Gasteiger partial charge in [0.25, 0.3) is 6.47 Å². The van der Waals surface area contributed by atoms with Crippen molar-refractivity contribution >= 4 is 6.47 Å². The zero-order valence-corrected chi connectivity index (χ0v) is 19.9. The number of benzene rings is 1. The molecule has 2 nitrogen and oxygen atoms in total.